The maximum atomic E-state index is 5.85. The Kier molecular flexibility index (Phi) is 4.04. The highest BCUT2D eigenvalue weighted by Crippen LogP contribution is 2.32. The number of nitrogens with zero attached hydrogens (tertiary/aromatic N) is 2. The molecule has 16 heavy (non-hydrogen) atoms. The van der Waals surface area contributed by atoms with Crippen LogP contribution < -0.4 is 5.73 Å². The standard InChI is InChI=1S/C12H23N3O/c1-2-16-11-8-10(9-11)4-5-14-12(13)15-6-3-7-15/h10-11H,2-9H2,1H3,(H2,13,14). The molecular formula is C12H23N3O. The third-order valence-electron chi connectivity index (χ3n) is 3.59. The van der Waals surface area contributed by atoms with Crippen LogP contribution in [0, 0.1) is 5.92 Å². The third-order valence-corrected chi connectivity index (χ3v) is 3.59. The van der Waals surface area contributed by atoms with Gasteiger partial charge in [0, 0.05) is 26.2 Å². The van der Waals surface area contributed by atoms with E-state index < -0.39 is 0 Å². The molecular weight excluding hydrogens is 202 g/mol. The van der Waals surface area contributed by atoms with E-state index in [1.807, 2.05) is 0 Å². The number of likely N-dealkylation sites (tertiary alicyclic amines) is 1. The van der Waals surface area contributed by atoms with E-state index in [9.17, 15) is 0 Å². The van der Waals surface area contributed by atoms with E-state index in [-0.39, 0.29) is 0 Å². The molecule has 0 aromatic carbocycles. The van der Waals surface area contributed by atoms with Crippen molar-refractivity contribution in [3.63, 3.8) is 0 Å². The lowest BCUT2D eigenvalue weighted by atomic mass is 9.80. The molecule has 0 radical (unpaired) electrons. The van der Waals surface area contributed by atoms with Crippen molar-refractivity contribution in [1.29, 1.82) is 0 Å². The first-order valence-corrected chi connectivity index (χ1v) is 6.46. The van der Waals surface area contributed by atoms with Gasteiger partial charge in [0.25, 0.3) is 0 Å². The van der Waals surface area contributed by atoms with E-state index in [4.69, 9.17) is 10.5 Å². The molecule has 2 fully saturated rings. The van der Waals surface area contributed by atoms with E-state index in [1.165, 1.54) is 19.3 Å². The van der Waals surface area contributed by atoms with Gasteiger partial charge in [0.2, 0.25) is 0 Å². The zero-order valence-corrected chi connectivity index (χ0v) is 10.2. The number of aliphatic imine (C=N–C) groups is 1. The van der Waals surface area contributed by atoms with Gasteiger partial charge in [-0.3, -0.25) is 4.99 Å². The number of nitrogens with two attached hydrogens (primary N) is 1. The Balaban J connectivity index is 1.55. The van der Waals surface area contributed by atoms with Crippen LogP contribution in [0.25, 0.3) is 0 Å². The Hall–Kier alpha value is -0.770. The molecule has 0 aromatic heterocycles. The van der Waals surface area contributed by atoms with Gasteiger partial charge in [-0.05, 0) is 38.5 Å². The third kappa shape index (κ3) is 2.88. The summed E-state index contributed by atoms with van der Waals surface area (Å²) in [6.45, 7) is 5.96. The van der Waals surface area contributed by atoms with Gasteiger partial charge in [-0.2, -0.15) is 0 Å². The van der Waals surface area contributed by atoms with Crippen molar-refractivity contribution in [1.82, 2.24) is 4.90 Å². The molecule has 1 saturated carbocycles. The molecule has 4 nitrogen and oxygen atoms in total. The molecule has 1 aliphatic carbocycles. The quantitative estimate of drug-likeness (QED) is 0.565. The Morgan fingerprint density at radius 3 is 2.75 bits per heavy atom. The van der Waals surface area contributed by atoms with Crippen molar-refractivity contribution >= 4 is 5.96 Å². The van der Waals surface area contributed by atoms with Gasteiger partial charge in [-0.25, -0.2) is 0 Å². The minimum absolute atomic E-state index is 0.520. The number of guanidine groups is 1. The first kappa shape index (κ1) is 11.7. The minimum atomic E-state index is 0.520. The van der Waals surface area contributed by atoms with Crippen molar-refractivity contribution < 1.29 is 4.74 Å². The summed E-state index contributed by atoms with van der Waals surface area (Å²) in [6, 6.07) is 0. The first-order chi connectivity index (χ1) is 7.79. The molecule has 1 aliphatic heterocycles. The summed E-state index contributed by atoms with van der Waals surface area (Å²) in [5, 5.41) is 0. The average molecular weight is 225 g/mol. The van der Waals surface area contributed by atoms with Crippen molar-refractivity contribution in [2.24, 2.45) is 16.6 Å². The van der Waals surface area contributed by atoms with Gasteiger partial charge < -0.3 is 15.4 Å². The van der Waals surface area contributed by atoms with Crippen molar-refractivity contribution in [2.45, 2.75) is 38.7 Å². The van der Waals surface area contributed by atoms with Gasteiger partial charge >= 0.3 is 0 Å². The second-order valence-electron chi connectivity index (χ2n) is 4.78. The lowest BCUT2D eigenvalue weighted by Gasteiger charge is -2.35. The van der Waals surface area contributed by atoms with Crippen LogP contribution >= 0.6 is 0 Å². The summed E-state index contributed by atoms with van der Waals surface area (Å²) in [7, 11) is 0. The molecule has 1 heterocycles. The molecule has 0 atom stereocenters. The number of rotatable bonds is 5. The Bertz CT molecular complexity index is 245. The summed E-state index contributed by atoms with van der Waals surface area (Å²) >= 11 is 0. The maximum absolute atomic E-state index is 5.85. The fourth-order valence-corrected chi connectivity index (χ4v) is 2.29. The fraction of sp³-hybridized carbons (Fsp3) is 0.917. The molecule has 92 valence electrons. The first-order valence-electron chi connectivity index (χ1n) is 6.46. The molecule has 0 unspecified atom stereocenters. The highest BCUT2D eigenvalue weighted by Gasteiger charge is 2.28. The molecule has 0 spiro atoms. The van der Waals surface area contributed by atoms with Gasteiger partial charge in [-0.1, -0.05) is 0 Å². The van der Waals surface area contributed by atoms with Crippen LogP contribution in [0.5, 0.6) is 0 Å². The fourth-order valence-electron chi connectivity index (χ4n) is 2.29. The van der Waals surface area contributed by atoms with Crippen LogP contribution in [-0.4, -0.2) is 43.2 Å². The minimum Gasteiger partial charge on any atom is -0.378 e. The normalized spacial score (nSPS) is 29.8. The lowest BCUT2D eigenvalue weighted by Crippen LogP contribution is -2.46. The van der Waals surface area contributed by atoms with E-state index in [2.05, 4.69) is 16.8 Å². The molecule has 2 rings (SSSR count). The maximum Gasteiger partial charge on any atom is 0.191 e. The Morgan fingerprint density at radius 1 is 1.44 bits per heavy atom. The topological polar surface area (TPSA) is 50.9 Å². The van der Waals surface area contributed by atoms with Gasteiger partial charge in [-0.15, -0.1) is 0 Å². The molecule has 2 N–H and O–H groups in total. The highest BCUT2D eigenvalue weighted by atomic mass is 16.5. The highest BCUT2D eigenvalue weighted by molar-refractivity contribution is 5.78. The van der Waals surface area contributed by atoms with Crippen molar-refractivity contribution in [3.05, 3.63) is 0 Å². The second kappa shape index (κ2) is 5.53. The van der Waals surface area contributed by atoms with Crippen LogP contribution in [0.3, 0.4) is 0 Å². The van der Waals surface area contributed by atoms with Crippen LogP contribution in [0.1, 0.15) is 32.6 Å². The average Bonchev–Trinajstić information content (AvgIpc) is 2.11. The number of hydrogen-bond donors (Lipinski definition) is 1. The van der Waals surface area contributed by atoms with E-state index in [0.717, 1.165) is 44.5 Å². The molecule has 1 saturated heterocycles. The lowest BCUT2D eigenvalue weighted by molar-refractivity contribution is -0.0257. The second-order valence-corrected chi connectivity index (χ2v) is 4.78. The summed E-state index contributed by atoms with van der Waals surface area (Å²) in [5.74, 6) is 1.55. The molecule has 0 amide bonds. The van der Waals surface area contributed by atoms with Crippen LogP contribution in [-0.2, 0) is 4.74 Å². The van der Waals surface area contributed by atoms with Crippen LogP contribution in [0.4, 0.5) is 0 Å². The van der Waals surface area contributed by atoms with Gasteiger partial charge in [0.15, 0.2) is 5.96 Å². The van der Waals surface area contributed by atoms with E-state index in [1.54, 1.807) is 0 Å². The van der Waals surface area contributed by atoms with Crippen molar-refractivity contribution in [3.8, 4) is 0 Å². The summed E-state index contributed by atoms with van der Waals surface area (Å²) < 4.78 is 5.53. The zero-order valence-electron chi connectivity index (χ0n) is 10.2. The largest absolute Gasteiger partial charge is 0.378 e. The number of ether oxygens (including phenoxy) is 1. The summed E-state index contributed by atoms with van der Waals surface area (Å²) in [5.41, 5.74) is 5.85. The van der Waals surface area contributed by atoms with E-state index >= 15 is 0 Å². The van der Waals surface area contributed by atoms with Crippen molar-refractivity contribution in [2.75, 3.05) is 26.2 Å². The zero-order chi connectivity index (χ0) is 11.4. The summed E-state index contributed by atoms with van der Waals surface area (Å²) in [6.07, 6.45) is 5.37. The molecule has 0 aromatic rings. The number of hydrogen-bond acceptors (Lipinski definition) is 2. The smallest absolute Gasteiger partial charge is 0.191 e. The van der Waals surface area contributed by atoms with Gasteiger partial charge in [0.05, 0.1) is 6.10 Å². The SMILES string of the molecule is CCOC1CC(CCN=C(N)N2CCC2)C1. The predicted octanol–water partition coefficient (Wildman–Crippen LogP) is 1.21. The van der Waals surface area contributed by atoms with Crippen LogP contribution in [0.2, 0.25) is 0 Å². The van der Waals surface area contributed by atoms with E-state index in [0.29, 0.717) is 6.10 Å². The summed E-state index contributed by atoms with van der Waals surface area (Å²) in [4.78, 5) is 6.56. The molecule has 4 heteroatoms. The molecule has 0 bridgehead atoms. The predicted molar refractivity (Wildman–Crippen MR) is 65.4 cm³/mol. The monoisotopic (exact) mass is 225 g/mol. The van der Waals surface area contributed by atoms with Crippen LogP contribution in [0.15, 0.2) is 4.99 Å². The Labute approximate surface area is 97.9 Å². The van der Waals surface area contributed by atoms with Gasteiger partial charge in [0.1, 0.15) is 0 Å². The molecule has 2 aliphatic rings. The Morgan fingerprint density at radius 2 is 2.19 bits per heavy atom.